The van der Waals surface area contributed by atoms with Crippen LogP contribution in [-0.2, 0) is 9.53 Å². The van der Waals surface area contributed by atoms with Gasteiger partial charge in [-0.3, -0.25) is 4.79 Å². The van der Waals surface area contributed by atoms with Crippen molar-refractivity contribution in [2.24, 2.45) is 0 Å². The van der Waals surface area contributed by atoms with Crippen LogP contribution in [0.25, 0.3) is 15.9 Å². The highest BCUT2D eigenvalue weighted by atomic mass is 35.5. The number of fused-ring (bicyclic) bond motifs is 1. The van der Waals surface area contributed by atoms with Gasteiger partial charge in [-0.25, -0.2) is 9.48 Å². The summed E-state index contributed by atoms with van der Waals surface area (Å²) in [7, 11) is 0. The fraction of sp³-hybridized carbons (Fsp3) is 0.350. The number of esters is 1. The van der Waals surface area contributed by atoms with Gasteiger partial charge in [-0.15, -0.1) is 11.3 Å². The van der Waals surface area contributed by atoms with Crippen molar-refractivity contribution < 1.29 is 14.3 Å². The van der Waals surface area contributed by atoms with E-state index < -0.39 is 17.6 Å². The molecule has 0 aliphatic carbocycles. The van der Waals surface area contributed by atoms with Gasteiger partial charge in [-0.2, -0.15) is 5.10 Å². The third-order valence-corrected chi connectivity index (χ3v) is 5.31. The Balaban J connectivity index is 1.84. The van der Waals surface area contributed by atoms with Crippen LogP contribution in [-0.4, -0.2) is 33.3 Å². The Morgan fingerprint density at radius 3 is 2.50 bits per heavy atom. The summed E-state index contributed by atoms with van der Waals surface area (Å²) >= 11 is 7.24. The molecule has 28 heavy (non-hydrogen) atoms. The molecule has 148 valence electrons. The van der Waals surface area contributed by atoms with Crippen molar-refractivity contribution in [1.29, 1.82) is 0 Å². The summed E-state index contributed by atoms with van der Waals surface area (Å²) in [5.74, 6) is -0.856. The van der Waals surface area contributed by atoms with E-state index in [1.165, 1.54) is 11.3 Å². The van der Waals surface area contributed by atoms with Gasteiger partial charge in [0.2, 0.25) is 0 Å². The fourth-order valence-corrected chi connectivity index (χ4v) is 3.84. The summed E-state index contributed by atoms with van der Waals surface area (Å²) in [6, 6.07) is 9.07. The van der Waals surface area contributed by atoms with E-state index in [0.717, 1.165) is 21.6 Å². The number of ether oxygens (including phenoxy) is 1. The van der Waals surface area contributed by atoms with Gasteiger partial charge in [-0.05, 0) is 65.0 Å². The predicted octanol–water partition coefficient (Wildman–Crippen LogP) is 4.51. The zero-order valence-electron chi connectivity index (χ0n) is 16.4. The number of rotatable bonds is 4. The minimum absolute atomic E-state index is 0.328. The number of carbonyl (C=O) groups excluding carboxylic acids is 2. The lowest BCUT2D eigenvalue weighted by atomic mass is 10.1. The molecule has 2 heterocycles. The molecular weight excluding hydrogens is 398 g/mol. The first kappa shape index (κ1) is 20.4. The molecule has 0 unspecified atom stereocenters. The van der Waals surface area contributed by atoms with E-state index in [9.17, 15) is 9.59 Å². The van der Waals surface area contributed by atoms with Gasteiger partial charge < -0.3 is 10.1 Å². The fourth-order valence-electron chi connectivity index (χ4n) is 2.65. The van der Waals surface area contributed by atoms with E-state index in [-0.39, 0.29) is 5.91 Å². The lowest BCUT2D eigenvalue weighted by Gasteiger charge is -2.23. The second-order valence-corrected chi connectivity index (χ2v) is 9.06. The lowest BCUT2D eigenvalue weighted by molar-refractivity contribution is -0.130. The van der Waals surface area contributed by atoms with Crippen molar-refractivity contribution in [3.63, 3.8) is 0 Å². The molecule has 0 fully saturated rings. The minimum atomic E-state index is -0.884. The smallest absolute Gasteiger partial charge is 0.349 e. The SMILES string of the molecule is Cc1nn(-c2ccc(Cl)cc2)c2sc(C(=O)O[C@@H](C)C(=O)NC(C)(C)C)cc12. The van der Waals surface area contributed by atoms with E-state index in [0.29, 0.717) is 9.90 Å². The third-order valence-electron chi connectivity index (χ3n) is 3.97. The van der Waals surface area contributed by atoms with Crippen molar-refractivity contribution in [2.45, 2.75) is 46.3 Å². The molecule has 1 N–H and O–H groups in total. The van der Waals surface area contributed by atoms with Crippen LogP contribution in [0.3, 0.4) is 0 Å². The number of amides is 1. The standard InChI is InChI=1S/C20H22ClN3O3S/c1-11-15-10-16(19(26)27-12(2)17(25)22-20(3,4)5)28-18(15)24(23-11)14-8-6-13(21)7-9-14/h6-10,12H,1-5H3,(H,22,25)/t12-/m0/s1. The maximum atomic E-state index is 12.6. The number of thiophene rings is 1. The number of halogens is 1. The average molecular weight is 420 g/mol. The van der Waals surface area contributed by atoms with E-state index >= 15 is 0 Å². The van der Waals surface area contributed by atoms with Gasteiger partial charge in [0.05, 0.1) is 11.4 Å². The molecule has 3 aromatic rings. The van der Waals surface area contributed by atoms with Gasteiger partial charge in [0.25, 0.3) is 5.91 Å². The minimum Gasteiger partial charge on any atom is -0.448 e. The topological polar surface area (TPSA) is 73.2 Å². The van der Waals surface area contributed by atoms with Crippen LogP contribution in [0.2, 0.25) is 5.02 Å². The van der Waals surface area contributed by atoms with Crippen molar-refractivity contribution in [1.82, 2.24) is 15.1 Å². The van der Waals surface area contributed by atoms with Crippen LogP contribution in [0.15, 0.2) is 30.3 Å². The summed E-state index contributed by atoms with van der Waals surface area (Å²) in [5.41, 5.74) is 1.26. The monoisotopic (exact) mass is 419 g/mol. The number of nitrogens with one attached hydrogen (secondary N) is 1. The summed E-state index contributed by atoms with van der Waals surface area (Å²) in [6.45, 7) is 9.06. The van der Waals surface area contributed by atoms with Crippen LogP contribution in [0.1, 0.15) is 43.1 Å². The molecule has 6 nitrogen and oxygen atoms in total. The van der Waals surface area contributed by atoms with E-state index in [1.54, 1.807) is 29.8 Å². The number of aryl methyl sites for hydroxylation is 1. The maximum absolute atomic E-state index is 12.6. The highest BCUT2D eigenvalue weighted by molar-refractivity contribution is 7.20. The van der Waals surface area contributed by atoms with Gasteiger partial charge in [0.15, 0.2) is 6.10 Å². The Morgan fingerprint density at radius 2 is 1.89 bits per heavy atom. The predicted molar refractivity (Wildman–Crippen MR) is 111 cm³/mol. The van der Waals surface area contributed by atoms with Crippen LogP contribution >= 0.6 is 22.9 Å². The zero-order chi connectivity index (χ0) is 20.6. The first-order chi connectivity index (χ1) is 13.0. The Hall–Kier alpha value is -2.38. The first-order valence-electron chi connectivity index (χ1n) is 8.83. The van der Waals surface area contributed by atoms with Gasteiger partial charge in [-0.1, -0.05) is 11.6 Å². The summed E-state index contributed by atoms with van der Waals surface area (Å²) < 4.78 is 7.13. The van der Waals surface area contributed by atoms with E-state index in [1.807, 2.05) is 39.8 Å². The molecule has 1 atom stereocenters. The Morgan fingerprint density at radius 1 is 1.25 bits per heavy atom. The zero-order valence-corrected chi connectivity index (χ0v) is 17.9. The molecule has 0 aliphatic heterocycles. The number of benzene rings is 1. The van der Waals surface area contributed by atoms with Crippen molar-refractivity contribution in [3.8, 4) is 5.69 Å². The number of hydrogen-bond acceptors (Lipinski definition) is 5. The van der Waals surface area contributed by atoms with Crippen LogP contribution in [0, 0.1) is 6.92 Å². The van der Waals surface area contributed by atoms with E-state index in [4.69, 9.17) is 16.3 Å². The Bertz CT molecular complexity index is 1030. The molecular formula is C20H22ClN3O3S. The van der Waals surface area contributed by atoms with Gasteiger partial charge in [0, 0.05) is 15.9 Å². The molecule has 2 aromatic heterocycles. The normalized spacial score (nSPS) is 12.8. The summed E-state index contributed by atoms with van der Waals surface area (Å²) in [6.07, 6.45) is -0.884. The van der Waals surface area contributed by atoms with Gasteiger partial charge in [0.1, 0.15) is 9.71 Å². The number of hydrogen-bond donors (Lipinski definition) is 1. The Kier molecular flexibility index (Phi) is 5.50. The van der Waals surface area contributed by atoms with Crippen LogP contribution in [0.5, 0.6) is 0 Å². The molecule has 8 heteroatoms. The average Bonchev–Trinajstić information content (AvgIpc) is 3.15. The molecule has 0 spiro atoms. The van der Waals surface area contributed by atoms with Gasteiger partial charge >= 0.3 is 5.97 Å². The largest absolute Gasteiger partial charge is 0.448 e. The van der Waals surface area contributed by atoms with Crippen molar-refractivity contribution in [2.75, 3.05) is 0 Å². The van der Waals surface area contributed by atoms with Crippen molar-refractivity contribution in [3.05, 3.63) is 45.9 Å². The number of nitrogens with zero attached hydrogens (tertiary/aromatic N) is 2. The number of carbonyl (C=O) groups is 2. The maximum Gasteiger partial charge on any atom is 0.349 e. The summed E-state index contributed by atoms with van der Waals surface area (Å²) in [5, 5.41) is 8.87. The molecule has 0 saturated heterocycles. The highest BCUT2D eigenvalue weighted by Crippen LogP contribution is 2.31. The third kappa shape index (κ3) is 4.36. The molecule has 3 rings (SSSR count). The van der Waals surface area contributed by atoms with E-state index in [2.05, 4.69) is 10.4 Å². The second-order valence-electron chi connectivity index (χ2n) is 7.59. The molecule has 0 radical (unpaired) electrons. The molecule has 0 aliphatic rings. The first-order valence-corrected chi connectivity index (χ1v) is 10.0. The molecule has 1 aromatic carbocycles. The molecule has 0 saturated carbocycles. The lowest BCUT2D eigenvalue weighted by Crippen LogP contribution is -2.46. The van der Waals surface area contributed by atoms with Crippen molar-refractivity contribution >= 4 is 45.0 Å². The van der Waals surface area contributed by atoms with Crippen LogP contribution in [0.4, 0.5) is 0 Å². The molecule has 0 bridgehead atoms. The van der Waals surface area contributed by atoms with Crippen LogP contribution < -0.4 is 5.32 Å². The Labute approximate surface area is 172 Å². The second kappa shape index (κ2) is 7.56. The number of aromatic nitrogens is 2. The summed E-state index contributed by atoms with van der Waals surface area (Å²) in [4.78, 5) is 26.0. The molecule has 1 amide bonds. The quantitative estimate of drug-likeness (QED) is 0.631. The highest BCUT2D eigenvalue weighted by Gasteiger charge is 2.25.